The molecule has 140 valence electrons. The van der Waals surface area contributed by atoms with Gasteiger partial charge in [-0.05, 0) is 36.0 Å². The largest absolute Gasteiger partial charge is 0.342 e. The van der Waals surface area contributed by atoms with Gasteiger partial charge in [0.25, 0.3) is 0 Å². The summed E-state index contributed by atoms with van der Waals surface area (Å²) in [5.41, 5.74) is 3.87. The monoisotopic (exact) mass is 362 g/mol. The Labute approximate surface area is 160 Å². The minimum Gasteiger partial charge on any atom is -0.342 e. The molecule has 0 spiro atoms. The summed E-state index contributed by atoms with van der Waals surface area (Å²) in [4.78, 5) is 29.1. The number of carbonyl (C=O) groups is 2. The molecule has 0 radical (unpaired) electrons. The van der Waals surface area contributed by atoms with E-state index in [0.717, 1.165) is 32.4 Å². The van der Waals surface area contributed by atoms with Crippen molar-refractivity contribution in [2.45, 2.75) is 32.2 Å². The third-order valence-electron chi connectivity index (χ3n) is 5.74. The summed E-state index contributed by atoms with van der Waals surface area (Å²) in [7, 11) is 0. The molecule has 2 aliphatic rings. The number of fused-ring (bicyclic) bond motifs is 1. The molecule has 1 unspecified atom stereocenters. The van der Waals surface area contributed by atoms with E-state index in [0.29, 0.717) is 19.5 Å². The number of aryl methyl sites for hydroxylation is 1. The third-order valence-corrected chi connectivity index (χ3v) is 5.74. The van der Waals surface area contributed by atoms with E-state index >= 15 is 0 Å². The molecular formula is C23H26N2O2. The summed E-state index contributed by atoms with van der Waals surface area (Å²) in [5.74, 6) is 0.0849. The SMILES string of the molecule is O=C1CC(C(=O)N2CCc3ccccc3C2)CN1CCCc1ccccc1. The Morgan fingerprint density at radius 2 is 1.74 bits per heavy atom. The highest BCUT2D eigenvalue weighted by atomic mass is 16.2. The minimum absolute atomic E-state index is 0.124. The van der Waals surface area contributed by atoms with E-state index in [1.807, 2.05) is 34.1 Å². The molecule has 2 aromatic rings. The van der Waals surface area contributed by atoms with Gasteiger partial charge in [0.05, 0.1) is 5.92 Å². The van der Waals surface area contributed by atoms with Crippen molar-refractivity contribution in [2.75, 3.05) is 19.6 Å². The Bertz CT molecular complexity index is 818. The van der Waals surface area contributed by atoms with Gasteiger partial charge >= 0.3 is 0 Å². The van der Waals surface area contributed by atoms with Crippen LogP contribution >= 0.6 is 0 Å². The first kappa shape index (κ1) is 17.8. The van der Waals surface area contributed by atoms with E-state index in [1.54, 1.807) is 0 Å². The summed E-state index contributed by atoms with van der Waals surface area (Å²) >= 11 is 0. The van der Waals surface area contributed by atoms with Crippen molar-refractivity contribution in [1.82, 2.24) is 9.80 Å². The minimum atomic E-state index is -0.181. The molecule has 4 nitrogen and oxygen atoms in total. The molecule has 2 aromatic carbocycles. The van der Waals surface area contributed by atoms with Crippen LogP contribution in [0.15, 0.2) is 54.6 Å². The first-order valence-corrected chi connectivity index (χ1v) is 9.88. The Morgan fingerprint density at radius 1 is 1.00 bits per heavy atom. The number of carbonyl (C=O) groups excluding carboxylic acids is 2. The number of hydrogen-bond acceptors (Lipinski definition) is 2. The average Bonchev–Trinajstić information content (AvgIpc) is 3.08. The van der Waals surface area contributed by atoms with Crippen LogP contribution in [-0.4, -0.2) is 41.2 Å². The predicted octanol–water partition coefficient (Wildman–Crippen LogP) is 3.05. The lowest BCUT2D eigenvalue weighted by molar-refractivity contribution is -0.136. The van der Waals surface area contributed by atoms with E-state index in [9.17, 15) is 9.59 Å². The summed E-state index contributed by atoms with van der Waals surface area (Å²) in [6.07, 6.45) is 3.17. The standard InChI is InChI=1S/C23H26N2O2/c26-22-15-21(17-24(22)13-6-9-18-7-2-1-3-8-18)23(27)25-14-12-19-10-4-5-11-20(19)16-25/h1-5,7-8,10-11,21H,6,9,12-17H2. The van der Waals surface area contributed by atoms with Gasteiger partial charge in [0.2, 0.25) is 11.8 Å². The van der Waals surface area contributed by atoms with E-state index in [4.69, 9.17) is 0 Å². The lowest BCUT2D eigenvalue weighted by Gasteiger charge is -2.30. The lowest BCUT2D eigenvalue weighted by Crippen LogP contribution is -2.40. The highest BCUT2D eigenvalue weighted by Gasteiger charge is 2.36. The molecule has 0 aliphatic carbocycles. The number of benzene rings is 2. The van der Waals surface area contributed by atoms with Crippen molar-refractivity contribution in [1.29, 1.82) is 0 Å². The molecule has 0 bridgehead atoms. The van der Waals surface area contributed by atoms with E-state index in [1.165, 1.54) is 16.7 Å². The van der Waals surface area contributed by atoms with E-state index in [-0.39, 0.29) is 17.7 Å². The fourth-order valence-corrected chi connectivity index (χ4v) is 4.21. The van der Waals surface area contributed by atoms with Crippen molar-refractivity contribution in [3.8, 4) is 0 Å². The van der Waals surface area contributed by atoms with Gasteiger partial charge in [-0.25, -0.2) is 0 Å². The zero-order valence-electron chi connectivity index (χ0n) is 15.6. The van der Waals surface area contributed by atoms with Crippen LogP contribution in [0.2, 0.25) is 0 Å². The molecule has 4 rings (SSSR count). The molecule has 1 saturated heterocycles. The van der Waals surface area contributed by atoms with E-state index < -0.39 is 0 Å². The van der Waals surface area contributed by atoms with Crippen LogP contribution in [0.1, 0.15) is 29.5 Å². The van der Waals surface area contributed by atoms with Crippen molar-refractivity contribution in [2.24, 2.45) is 5.92 Å². The van der Waals surface area contributed by atoms with Crippen LogP contribution in [-0.2, 0) is 29.0 Å². The molecule has 0 aromatic heterocycles. The van der Waals surface area contributed by atoms with Crippen LogP contribution in [0.5, 0.6) is 0 Å². The molecule has 0 N–H and O–H groups in total. The molecule has 27 heavy (non-hydrogen) atoms. The summed E-state index contributed by atoms with van der Waals surface area (Å²) < 4.78 is 0. The summed E-state index contributed by atoms with van der Waals surface area (Å²) in [6, 6.07) is 18.7. The van der Waals surface area contributed by atoms with Gasteiger partial charge in [-0.1, -0.05) is 54.6 Å². The smallest absolute Gasteiger partial charge is 0.228 e. The maximum absolute atomic E-state index is 12.9. The molecule has 1 fully saturated rings. The highest BCUT2D eigenvalue weighted by molar-refractivity contribution is 5.89. The van der Waals surface area contributed by atoms with Crippen LogP contribution in [0.3, 0.4) is 0 Å². The normalized spacial score (nSPS) is 19.3. The van der Waals surface area contributed by atoms with Crippen LogP contribution in [0.4, 0.5) is 0 Å². The molecule has 2 aliphatic heterocycles. The van der Waals surface area contributed by atoms with Gasteiger partial charge in [-0.3, -0.25) is 9.59 Å². The predicted molar refractivity (Wildman–Crippen MR) is 105 cm³/mol. The summed E-state index contributed by atoms with van der Waals surface area (Å²) in [6.45, 7) is 2.74. The maximum Gasteiger partial charge on any atom is 0.228 e. The quantitative estimate of drug-likeness (QED) is 0.820. The first-order chi connectivity index (χ1) is 13.2. The Morgan fingerprint density at radius 3 is 2.56 bits per heavy atom. The molecule has 2 amide bonds. The van der Waals surface area contributed by atoms with Gasteiger partial charge in [0, 0.05) is 32.6 Å². The van der Waals surface area contributed by atoms with Crippen molar-refractivity contribution in [3.63, 3.8) is 0 Å². The third kappa shape index (κ3) is 4.05. The Balaban J connectivity index is 1.30. The van der Waals surface area contributed by atoms with Gasteiger partial charge in [0.1, 0.15) is 0 Å². The average molecular weight is 362 g/mol. The fraction of sp³-hybridized carbons (Fsp3) is 0.391. The number of likely N-dealkylation sites (tertiary alicyclic amines) is 1. The Kier molecular flexibility index (Phi) is 5.23. The topological polar surface area (TPSA) is 40.6 Å². The number of hydrogen-bond donors (Lipinski definition) is 0. The second kappa shape index (κ2) is 7.95. The van der Waals surface area contributed by atoms with Crippen LogP contribution in [0, 0.1) is 5.92 Å². The van der Waals surface area contributed by atoms with Crippen LogP contribution in [0.25, 0.3) is 0 Å². The molecule has 0 saturated carbocycles. The van der Waals surface area contributed by atoms with Gasteiger partial charge in [0.15, 0.2) is 0 Å². The van der Waals surface area contributed by atoms with Gasteiger partial charge in [-0.2, -0.15) is 0 Å². The summed E-state index contributed by atoms with van der Waals surface area (Å²) in [5, 5.41) is 0. The first-order valence-electron chi connectivity index (χ1n) is 9.88. The van der Waals surface area contributed by atoms with Gasteiger partial charge in [-0.15, -0.1) is 0 Å². The van der Waals surface area contributed by atoms with Crippen molar-refractivity contribution < 1.29 is 9.59 Å². The Hall–Kier alpha value is -2.62. The number of nitrogens with zero attached hydrogens (tertiary/aromatic N) is 2. The fourth-order valence-electron chi connectivity index (χ4n) is 4.21. The second-order valence-electron chi connectivity index (χ2n) is 7.61. The molecule has 4 heteroatoms. The molecule has 2 heterocycles. The highest BCUT2D eigenvalue weighted by Crippen LogP contribution is 2.25. The zero-order chi connectivity index (χ0) is 18.6. The second-order valence-corrected chi connectivity index (χ2v) is 7.61. The van der Waals surface area contributed by atoms with Crippen molar-refractivity contribution >= 4 is 11.8 Å². The number of amides is 2. The van der Waals surface area contributed by atoms with Crippen molar-refractivity contribution in [3.05, 3.63) is 71.3 Å². The van der Waals surface area contributed by atoms with Gasteiger partial charge < -0.3 is 9.80 Å². The van der Waals surface area contributed by atoms with E-state index in [2.05, 4.69) is 30.3 Å². The lowest BCUT2D eigenvalue weighted by atomic mass is 9.98. The maximum atomic E-state index is 12.9. The van der Waals surface area contributed by atoms with Crippen LogP contribution < -0.4 is 0 Å². The molecular weight excluding hydrogens is 336 g/mol. The molecule has 1 atom stereocenters. The zero-order valence-corrected chi connectivity index (χ0v) is 15.6. The number of rotatable bonds is 5.